The molecule has 0 radical (unpaired) electrons. The second-order valence-corrected chi connectivity index (χ2v) is 11.9. The van der Waals surface area contributed by atoms with Gasteiger partial charge in [0.1, 0.15) is 0 Å². The molecule has 0 saturated heterocycles. The molecule has 0 bridgehead atoms. The fourth-order valence-corrected chi connectivity index (χ4v) is 7.33. The van der Waals surface area contributed by atoms with E-state index in [1.807, 2.05) is 0 Å². The molecule has 1 atom stereocenters. The first-order valence-electron chi connectivity index (χ1n) is 7.91. The van der Waals surface area contributed by atoms with Gasteiger partial charge in [0.25, 0.3) is 0 Å². The number of fused-ring (bicyclic) bond motifs is 1. The zero-order valence-electron chi connectivity index (χ0n) is 13.6. The number of rotatable bonds is 1. The van der Waals surface area contributed by atoms with E-state index in [9.17, 15) is 0 Å². The molecular weight excluding hydrogens is 270 g/mol. The largest absolute Gasteiger partial charge is 0.341 e. The normalized spacial score (nSPS) is 20.8. The highest BCUT2D eigenvalue weighted by Crippen LogP contribution is 2.33. The van der Waals surface area contributed by atoms with Crippen LogP contribution in [0.3, 0.4) is 0 Å². The van der Waals surface area contributed by atoms with E-state index in [1.165, 1.54) is 23.0 Å². The molecule has 1 aliphatic rings. The first kappa shape index (κ1) is 14.4. The number of para-hydroxylation sites is 1. The van der Waals surface area contributed by atoms with Crippen LogP contribution in [0.2, 0.25) is 19.1 Å². The summed E-state index contributed by atoms with van der Waals surface area (Å²) in [4.78, 5) is 2.54. The van der Waals surface area contributed by atoms with Gasteiger partial charge in [-0.15, -0.1) is 0 Å². The molecule has 0 saturated carbocycles. The Labute approximate surface area is 129 Å². The van der Waals surface area contributed by atoms with Gasteiger partial charge in [0.05, 0.1) is 8.07 Å². The van der Waals surface area contributed by atoms with Crippen molar-refractivity contribution in [3.05, 3.63) is 54.1 Å². The van der Waals surface area contributed by atoms with Gasteiger partial charge in [0.15, 0.2) is 0 Å². The molecule has 0 N–H and O–H groups in total. The van der Waals surface area contributed by atoms with Gasteiger partial charge < -0.3 is 4.90 Å². The van der Waals surface area contributed by atoms with Crippen LogP contribution in [0.15, 0.2) is 48.5 Å². The van der Waals surface area contributed by atoms with Gasteiger partial charge in [0, 0.05) is 17.9 Å². The van der Waals surface area contributed by atoms with Gasteiger partial charge in [0.2, 0.25) is 0 Å². The summed E-state index contributed by atoms with van der Waals surface area (Å²) < 4.78 is 0. The summed E-state index contributed by atoms with van der Waals surface area (Å²) in [5.41, 5.74) is 4.10. The lowest BCUT2D eigenvalue weighted by Gasteiger charge is -2.28. The van der Waals surface area contributed by atoms with Crippen molar-refractivity contribution in [3.8, 4) is 0 Å². The third-order valence-corrected chi connectivity index (χ3v) is 8.19. The predicted molar refractivity (Wildman–Crippen MR) is 95.7 cm³/mol. The van der Waals surface area contributed by atoms with Crippen LogP contribution in [0, 0.1) is 12.8 Å². The highest BCUT2D eigenvalue weighted by Gasteiger charge is 2.33. The number of nitrogens with zero attached hydrogens (tertiary/aromatic N) is 1. The fraction of sp³-hybridized carbons (Fsp3) is 0.368. The monoisotopic (exact) mass is 295 g/mol. The van der Waals surface area contributed by atoms with E-state index in [4.69, 9.17) is 0 Å². The Kier molecular flexibility index (Phi) is 3.66. The first-order valence-corrected chi connectivity index (χ1v) is 11.1. The molecule has 0 aromatic heterocycles. The summed E-state index contributed by atoms with van der Waals surface area (Å²) in [6.07, 6.45) is 0. The van der Waals surface area contributed by atoms with Crippen molar-refractivity contribution in [2.75, 3.05) is 11.4 Å². The van der Waals surface area contributed by atoms with E-state index in [-0.39, 0.29) is 0 Å². The van der Waals surface area contributed by atoms with Crippen LogP contribution in [-0.4, -0.2) is 14.6 Å². The van der Waals surface area contributed by atoms with Crippen LogP contribution in [0.5, 0.6) is 0 Å². The molecule has 2 aromatic carbocycles. The quantitative estimate of drug-likeness (QED) is 0.689. The smallest absolute Gasteiger partial charge is 0.0837 e. The molecule has 3 rings (SSSR count). The summed E-state index contributed by atoms with van der Waals surface area (Å²) in [7, 11) is -1.35. The average molecular weight is 296 g/mol. The third kappa shape index (κ3) is 2.77. The van der Waals surface area contributed by atoms with Gasteiger partial charge in [-0.05, 0) is 47.8 Å². The zero-order chi connectivity index (χ0) is 15.0. The SMILES string of the molecule is Cc1cccc(N2CC(C)C[Si](C)(C)c3ccccc32)c1. The third-order valence-electron chi connectivity index (χ3n) is 4.59. The van der Waals surface area contributed by atoms with Gasteiger partial charge in [-0.25, -0.2) is 0 Å². The van der Waals surface area contributed by atoms with E-state index in [0.29, 0.717) is 0 Å². The summed E-state index contributed by atoms with van der Waals surface area (Å²) in [6, 6.07) is 19.3. The fourth-order valence-electron chi connectivity index (χ4n) is 3.78. The first-order chi connectivity index (χ1) is 9.97. The molecule has 110 valence electrons. The van der Waals surface area contributed by atoms with Crippen molar-refractivity contribution < 1.29 is 0 Å². The van der Waals surface area contributed by atoms with Crippen LogP contribution in [0.4, 0.5) is 11.4 Å². The van der Waals surface area contributed by atoms with Crippen molar-refractivity contribution >= 4 is 24.6 Å². The van der Waals surface area contributed by atoms with Gasteiger partial charge in [-0.3, -0.25) is 0 Å². The van der Waals surface area contributed by atoms with Crippen molar-refractivity contribution in [1.82, 2.24) is 0 Å². The minimum absolute atomic E-state index is 0.736. The van der Waals surface area contributed by atoms with E-state index < -0.39 is 8.07 Å². The molecule has 2 aromatic rings. The Morgan fingerprint density at radius 3 is 2.57 bits per heavy atom. The summed E-state index contributed by atoms with van der Waals surface area (Å²) in [5.74, 6) is 0.736. The molecule has 0 spiro atoms. The van der Waals surface area contributed by atoms with Crippen molar-refractivity contribution in [2.45, 2.75) is 33.0 Å². The Hall–Kier alpha value is -1.54. The minimum atomic E-state index is -1.35. The molecule has 1 nitrogen and oxygen atoms in total. The Bertz CT molecular complexity index is 648. The van der Waals surface area contributed by atoms with Gasteiger partial charge in [-0.2, -0.15) is 0 Å². The van der Waals surface area contributed by atoms with E-state index in [1.54, 1.807) is 5.19 Å². The number of anilines is 2. The van der Waals surface area contributed by atoms with Crippen molar-refractivity contribution in [2.24, 2.45) is 5.92 Å². The lowest BCUT2D eigenvalue weighted by molar-refractivity contribution is 0.648. The van der Waals surface area contributed by atoms with E-state index >= 15 is 0 Å². The minimum Gasteiger partial charge on any atom is -0.341 e. The van der Waals surface area contributed by atoms with Crippen LogP contribution < -0.4 is 10.1 Å². The molecule has 1 unspecified atom stereocenters. The summed E-state index contributed by atoms with van der Waals surface area (Å²) in [5, 5.41) is 1.61. The lowest BCUT2D eigenvalue weighted by Crippen LogP contribution is -2.42. The highest BCUT2D eigenvalue weighted by molar-refractivity contribution is 6.91. The van der Waals surface area contributed by atoms with E-state index in [0.717, 1.165) is 12.5 Å². The molecule has 0 amide bonds. The van der Waals surface area contributed by atoms with Crippen LogP contribution in [0.25, 0.3) is 0 Å². The molecule has 2 heteroatoms. The maximum absolute atomic E-state index is 2.54. The van der Waals surface area contributed by atoms with Crippen LogP contribution in [0.1, 0.15) is 12.5 Å². The molecule has 1 heterocycles. The molecule has 1 aliphatic heterocycles. The Morgan fingerprint density at radius 2 is 1.81 bits per heavy atom. The topological polar surface area (TPSA) is 3.24 Å². The number of aryl methyl sites for hydroxylation is 1. The Morgan fingerprint density at radius 1 is 1.05 bits per heavy atom. The number of hydrogen-bond donors (Lipinski definition) is 0. The maximum Gasteiger partial charge on any atom is 0.0837 e. The maximum atomic E-state index is 2.54. The standard InChI is InChI=1S/C19H25NSi/c1-15-8-7-9-17(12-15)20-13-16(2)14-21(3,4)19-11-6-5-10-18(19)20/h5-12,16H,13-14H2,1-4H3. The lowest BCUT2D eigenvalue weighted by atomic mass is 10.1. The van der Waals surface area contributed by atoms with Crippen molar-refractivity contribution in [1.29, 1.82) is 0 Å². The molecule has 0 fully saturated rings. The summed E-state index contributed by atoms with van der Waals surface area (Å²) in [6.45, 7) is 10.7. The molecule has 0 aliphatic carbocycles. The summed E-state index contributed by atoms with van der Waals surface area (Å²) >= 11 is 0. The van der Waals surface area contributed by atoms with Gasteiger partial charge in [-0.1, -0.05) is 50.3 Å². The van der Waals surface area contributed by atoms with Gasteiger partial charge >= 0.3 is 0 Å². The predicted octanol–water partition coefficient (Wildman–Crippen LogP) is 4.70. The second kappa shape index (κ2) is 5.34. The number of benzene rings is 2. The zero-order valence-corrected chi connectivity index (χ0v) is 14.6. The van der Waals surface area contributed by atoms with E-state index in [2.05, 4.69) is 80.4 Å². The molecule has 21 heavy (non-hydrogen) atoms. The Balaban J connectivity index is 2.16. The number of hydrogen-bond acceptors (Lipinski definition) is 1. The highest BCUT2D eigenvalue weighted by atomic mass is 28.3. The second-order valence-electron chi connectivity index (χ2n) is 7.16. The molecular formula is C19H25NSi. The van der Waals surface area contributed by atoms with Crippen LogP contribution >= 0.6 is 0 Å². The van der Waals surface area contributed by atoms with Crippen molar-refractivity contribution in [3.63, 3.8) is 0 Å². The average Bonchev–Trinajstić information content (AvgIpc) is 2.53. The van der Waals surface area contributed by atoms with Crippen LogP contribution in [-0.2, 0) is 0 Å².